The lowest BCUT2D eigenvalue weighted by molar-refractivity contribution is 0.673. The standard InChI is InChI=1S/C50H33NO/c1-3-14-35(15-4-1)43-22-11-12-25-47(43)51(39-28-26-37(27-29-39)42-24-13-20-34-18-7-9-21-41(34)42)40-30-31-48-46(33-40)49-45(36-16-5-2-6-17-36)32-38-19-8-10-23-44(38)50(49)52-48/h1-33H. The second-order valence-electron chi connectivity index (χ2n) is 13.3. The smallest absolute Gasteiger partial charge is 0.143 e. The molecule has 1 heterocycles. The minimum Gasteiger partial charge on any atom is -0.455 e. The molecule has 2 nitrogen and oxygen atoms in total. The van der Waals surface area contributed by atoms with Crippen molar-refractivity contribution in [1.29, 1.82) is 0 Å². The van der Waals surface area contributed by atoms with E-state index in [9.17, 15) is 0 Å². The SMILES string of the molecule is c1ccc(-c2ccccc2N(c2ccc(-c3cccc4ccccc34)cc2)c2ccc3oc4c5ccccc5cc(-c5ccccc5)c4c3c2)cc1. The number of benzene rings is 9. The zero-order valence-electron chi connectivity index (χ0n) is 28.4. The fourth-order valence-corrected chi connectivity index (χ4v) is 7.81. The molecule has 0 unspecified atom stereocenters. The molecule has 244 valence electrons. The minimum atomic E-state index is 0.870. The maximum Gasteiger partial charge on any atom is 0.143 e. The molecule has 0 spiro atoms. The van der Waals surface area contributed by atoms with Crippen LogP contribution in [0.4, 0.5) is 17.1 Å². The van der Waals surface area contributed by atoms with Crippen molar-refractivity contribution in [2.75, 3.05) is 4.90 Å². The van der Waals surface area contributed by atoms with Gasteiger partial charge >= 0.3 is 0 Å². The quantitative estimate of drug-likeness (QED) is 0.176. The van der Waals surface area contributed by atoms with Crippen LogP contribution in [0.3, 0.4) is 0 Å². The molecule has 0 bridgehead atoms. The molecule has 0 aliphatic heterocycles. The molecule has 1 aromatic heterocycles. The number of hydrogen-bond acceptors (Lipinski definition) is 2. The molecule has 2 heteroatoms. The van der Waals surface area contributed by atoms with Crippen molar-refractivity contribution >= 4 is 60.5 Å². The maximum absolute atomic E-state index is 6.75. The summed E-state index contributed by atoms with van der Waals surface area (Å²) < 4.78 is 6.75. The van der Waals surface area contributed by atoms with Crippen molar-refractivity contribution in [2.24, 2.45) is 0 Å². The molecule has 0 aliphatic rings. The molecular weight excluding hydrogens is 631 g/mol. The summed E-state index contributed by atoms with van der Waals surface area (Å²) in [6, 6.07) is 71.6. The topological polar surface area (TPSA) is 16.4 Å². The second-order valence-corrected chi connectivity index (χ2v) is 13.3. The van der Waals surface area contributed by atoms with E-state index in [0.29, 0.717) is 0 Å². The van der Waals surface area contributed by atoms with Gasteiger partial charge in [-0.1, -0.05) is 158 Å². The van der Waals surface area contributed by atoms with Crippen LogP contribution in [-0.4, -0.2) is 0 Å². The van der Waals surface area contributed by atoms with Crippen LogP contribution < -0.4 is 4.90 Å². The monoisotopic (exact) mass is 663 g/mol. The summed E-state index contributed by atoms with van der Waals surface area (Å²) >= 11 is 0. The van der Waals surface area contributed by atoms with E-state index in [-0.39, 0.29) is 0 Å². The Labute approximate surface area is 302 Å². The fourth-order valence-electron chi connectivity index (χ4n) is 7.81. The van der Waals surface area contributed by atoms with E-state index in [1.54, 1.807) is 0 Å². The first-order valence-corrected chi connectivity index (χ1v) is 17.8. The van der Waals surface area contributed by atoms with Crippen LogP contribution in [0.5, 0.6) is 0 Å². The summed E-state index contributed by atoms with van der Waals surface area (Å²) in [6.07, 6.45) is 0. The van der Waals surface area contributed by atoms with E-state index < -0.39 is 0 Å². The summed E-state index contributed by atoms with van der Waals surface area (Å²) in [4.78, 5) is 2.39. The molecule has 9 aromatic carbocycles. The van der Waals surface area contributed by atoms with Crippen LogP contribution >= 0.6 is 0 Å². The molecule has 52 heavy (non-hydrogen) atoms. The molecule has 0 aliphatic carbocycles. The van der Waals surface area contributed by atoms with Crippen LogP contribution in [0.15, 0.2) is 205 Å². The predicted molar refractivity (Wildman–Crippen MR) is 220 cm³/mol. The van der Waals surface area contributed by atoms with Gasteiger partial charge in [-0.15, -0.1) is 0 Å². The lowest BCUT2D eigenvalue weighted by atomic mass is 9.95. The number of para-hydroxylation sites is 1. The highest BCUT2D eigenvalue weighted by Gasteiger charge is 2.21. The van der Waals surface area contributed by atoms with Crippen molar-refractivity contribution in [3.05, 3.63) is 200 Å². The Bertz CT molecular complexity index is 2880. The Morgan fingerprint density at radius 1 is 0.346 bits per heavy atom. The Hall–Kier alpha value is -6.90. The molecule has 10 aromatic rings. The van der Waals surface area contributed by atoms with Gasteiger partial charge in [-0.25, -0.2) is 0 Å². The number of furan rings is 1. The third kappa shape index (κ3) is 5.04. The van der Waals surface area contributed by atoms with Gasteiger partial charge in [0.15, 0.2) is 0 Å². The average Bonchev–Trinajstić information content (AvgIpc) is 3.61. The lowest BCUT2D eigenvalue weighted by Crippen LogP contribution is -2.11. The summed E-state index contributed by atoms with van der Waals surface area (Å²) in [5.41, 5.74) is 12.1. The van der Waals surface area contributed by atoms with Gasteiger partial charge in [0, 0.05) is 33.1 Å². The third-order valence-corrected chi connectivity index (χ3v) is 10.2. The summed E-state index contributed by atoms with van der Waals surface area (Å²) in [7, 11) is 0. The lowest BCUT2D eigenvalue weighted by Gasteiger charge is -2.28. The molecule has 0 N–H and O–H groups in total. The van der Waals surface area contributed by atoms with Gasteiger partial charge in [0.1, 0.15) is 11.2 Å². The van der Waals surface area contributed by atoms with Crippen LogP contribution in [0, 0.1) is 0 Å². The van der Waals surface area contributed by atoms with Gasteiger partial charge in [-0.2, -0.15) is 0 Å². The molecule has 0 amide bonds. The molecule has 0 saturated carbocycles. The van der Waals surface area contributed by atoms with Crippen molar-refractivity contribution in [3.8, 4) is 33.4 Å². The first-order valence-electron chi connectivity index (χ1n) is 17.8. The van der Waals surface area contributed by atoms with E-state index in [2.05, 4.69) is 205 Å². The number of rotatable bonds is 6. The van der Waals surface area contributed by atoms with E-state index in [1.807, 2.05) is 0 Å². The largest absolute Gasteiger partial charge is 0.455 e. The van der Waals surface area contributed by atoms with Crippen LogP contribution in [-0.2, 0) is 0 Å². The van der Waals surface area contributed by atoms with Gasteiger partial charge in [-0.3, -0.25) is 0 Å². The zero-order chi connectivity index (χ0) is 34.4. The fraction of sp³-hybridized carbons (Fsp3) is 0. The van der Waals surface area contributed by atoms with Gasteiger partial charge < -0.3 is 9.32 Å². The summed E-state index contributed by atoms with van der Waals surface area (Å²) in [5.74, 6) is 0. The van der Waals surface area contributed by atoms with E-state index in [4.69, 9.17) is 4.42 Å². The third-order valence-electron chi connectivity index (χ3n) is 10.2. The Kier molecular flexibility index (Phi) is 7.18. The summed E-state index contributed by atoms with van der Waals surface area (Å²) in [5, 5.41) is 6.99. The highest BCUT2D eigenvalue weighted by Crippen LogP contribution is 2.46. The first kappa shape index (κ1) is 30.0. The van der Waals surface area contributed by atoms with Gasteiger partial charge in [0.2, 0.25) is 0 Å². The number of nitrogens with zero attached hydrogens (tertiary/aromatic N) is 1. The maximum atomic E-state index is 6.75. The van der Waals surface area contributed by atoms with E-state index in [0.717, 1.165) is 55.3 Å². The van der Waals surface area contributed by atoms with Crippen LogP contribution in [0.25, 0.3) is 76.9 Å². The van der Waals surface area contributed by atoms with Gasteiger partial charge in [0.25, 0.3) is 0 Å². The Morgan fingerprint density at radius 3 is 1.71 bits per heavy atom. The Balaban J connectivity index is 1.21. The van der Waals surface area contributed by atoms with Crippen molar-refractivity contribution in [2.45, 2.75) is 0 Å². The molecule has 0 atom stereocenters. The van der Waals surface area contributed by atoms with E-state index >= 15 is 0 Å². The van der Waals surface area contributed by atoms with Crippen molar-refractivity contribution < 1.29 is 4.42 Å². The second kappa shape index (κ2) is 12.5. The number of fused-ring (bicyclic) bond motifs is 6. The van der Waals surface area contributed by atoms with Crippen LogP contribution in [0.1, 0.15) is 0 Å². The minimum absolute atomic E-state index is 0.870. The summed E-state index contributed by atoms with van der Waals surface area (Å²) in [6.45, 7) is 0. The van der Waals surface area contributed by atoms with Crippen molar-refractivity contribution in [3.63, 3.8) is 0 Å². The first-order chi connectivity index (χ1) is 25.8. The number of anilines is 3. The molecule has 10 rings (SSSR count). The van der Waals surface area contributed by atoms with Gasteiger partial charge in [-0.05, 0) is 86.4 Å². The van der Waals surface area contributed by atoms with Crippen LogP contribution in [0.2, 0.25) is 0 Å². The normalized spacial score (nSPS) is 11.5. The molecular formula is C50H33NO. The van der Waals surface area contributed by atoms with Crippen molar-refractivity contribution in [1.82, 2.24) is 0 Å². The highest BCUT2D eigenvalue weighted by atomic mass is 16.3. The highest BCUT2D eigenvalue weighted by molar-refractivity contribution is 6.21. The number of hydrogen-bond donors (Lipinski definition) is 0. The van der Waals surface area contributed by atoms with Gasteiger partial charge in [0.05, 0.1) is 5.69 Å². The average molecular weight is 664 g/mol. The molecule has 0 saturated heterocycles. The van der Waals surface area contributed by atoms with E-state index in [1.165, 1.54) is 38.6 Å². The molecule has 0 fully saturated rings. The Morgan fingerprint density at radius 2 is 0.923 bits per heavy atom. The molecule has 0 radical (unpaired) electrons. The zero-order valence-corrected chi connectivity index (χ0v) is 28.4. The predicted octanol–water partition coefficient (Wildman–Crippen LogP) is 14.4.